The lowest BCUT2D eigenvalue weighted by molar-refractivity contribution is 0.0503. The molecule has 4 aromatic heterocycles. The first-order chi connectivity index (χ1) is 24.9. The summed E-state index contributed by atoms with van der Waals surface area (Å²) in [6.45, 7) is 12.4. The molecule has 0 amide bonds. The summed E-state index contributed by atoms with van der Waals surface area (Å²) < 4.78 is 22.3. The van der Waals surface area contributed by atoms with Gasteiger partial charge in [-0.2, -0.15) is 0 Å². The molecular weight excluding hydrogens is 709 g/mol. The van der Waals surface area contributed by atoms with Crippen LogP contribution in [-0.2, 0) is 4.74 Å². The zero-order valence-corrected chi connectivity index (χ0v) is 33.8. The molecule has 4 nitrogen and oxygen atoms in total. The number of carbonyl (C=O) groups excluding carboxylic acids is 1. The summed E-state index contributed by atoms with van der Waals surface area (Å²) in [6.07, 6.45) is 12.6. The van der Waals surface area contributed by atoms with Crippen molar-refractivity contribution >= 4 is 103 Å². The Bertz CT molecular complexity index is 2220. The lowest BCUT2D eigenvalue weighted by Gasteiger charge is -2.17. The van der Waals surface area contributed by atoms with Gasteiger partial charge < -0.3 is 14.2 Å². The molecule has 3 aromatic carbocycles. The van der Waals surface area contributed by atoms with Gasteiger partial charge in [0.15, 0.2) is 0 Å². The van der Waals surface area contributed by atoms with Gasteiger partial charge in [-0.15, -0.1) is 45.3 Å². The third-order valence-electron chi connectivity index (χ3n) is 9.70. The summed E-state index contributed by atoms with van der Waals surface area (Å²) >= 11 is 7.00. The average molecular weight is 757 g/mol. The Kier molecular flexibility index (Phi) is 11.5. The molecule has 0 fully saturated rings. The Labute approximate surface area is 317 Å². The van der Waals surface area contributed by atoms with E-state index in [1.54, 1.807) is 22.7 Å². The largest absolute Gasteiger partial charge is 0.493 e. The normalized spacial score (nSPS) is 11.9. The van der Waals surface area contributed by atoms with E-state index in [4.69, 9.17) is 14.2 Å². The summed E-state index contributed by atoms with van der Waals surface area (Å²) in [5, 5.41) is 7.92. The summed E-state index contributed by atoms with van der Waals surface area (Å²) in [6, 6.07) is 15.7. The van der Waals surface area contributed by atoms with Gasteiger partial charge in [-0.05, 0) is 87.4 Å². The van der Waals surface area contributed by atoms with Gasteiger partial charge in [0, 0.05) is 55.7 Å². The molecule has 0 bridgehead atoms. The van der Waals surface area contributed by atoms with Crippen molar-refractivity contribution in [2.75, 3.05) is 19.8 Å². The molecule has 7 aromatic rings. The van der Waals surface area contributed by atoms with Crippen molar-refractivity contribution in [3.63, 3.8) is 0 Å². The maximum Gasteiger partial charge on any atom is 0.348 e. The first-order valence-electron chi connectivity index (χ1n) is 18.7. The third kappa shape index (κ3) is 7.53. The number of fused-ring (bicyclic) bond motifs is 5. The van der Waals surface area contributed by atoms with Crippen LogP contribution >= 0.6 is 45.3 Å². The minimum absolute atomic E-state index is 0.195. The molecular formula is C43H48O4S4. The summed E-state index contributed by atoms with van der Waals surface area (Å²) in [4.78, 5) is 18.8. The Hall–Kier alpha value is -3.17. The van der Waals surface area contributed by atoms with Crippen molar-refractivity contribution in [1.82, 2.24) is 0 Å². The topological polar surface area (TPSA) is 44.8 Å². The molecule has 0 saturated carbocycles. The standard InChI is InChI=1S/C43H48O4S4/c1-6-9-10-11-12-13-14-15-16-17-18-47-43(44)38-25-34-41(51-38)27(5)49-42(34)37-22-29-21-31-33(24-36(29)50-37)39(45-7-2)30-20-28-19-26(4)48-35(28)23-32(30)40(31)46-8-3/h19-25H,6-18H2,1-5H3. The molecule has 51 heavy (non-hydrogen) atoms. The second kappa shape index (κ2) is 16.2. The van der Waals surface area contributed by atoms with Gasteiger partial charge in [0.2, 0.25) is 0 Å². The molecule has 0 aliphatic heterocycles. The van der Waals surface area contributed by atoms with Crippen LogP contribution in [0.1, 0.15) is 104 Å². The molecule has 0 unspecified atom stereocenters. The van der Waals surface area contributed by atoms with E-state index >= 15 is 0 Å². The van der Waals surface area contributed by atoms with Crippen LogP contribution in [0.4, 0.5) is 0 Å². The molecule has 0 saturated heterocycles. The lowest BCUT2D eigenvalue weighted by Crippen LogP contribution is -2.04. The van der Waals surface area contributed by atoms with Crippen molar-refractivity contribution in [3.05, 3.63) is 57.1 Å². The minimum Gasteiger partial charge on any atom is -0.493 e. The van der Waals surface area contributed by atoms with Crippen molar-refractivity contribution in [3.8, 4) is 21.3 Å². The van der Waals surface area contributed by atoms with E-state index in [1.165, 1.54) is 95.7 Å². The monoisotopic (exact) mass is 756 g/mol. The van der Waals surface area contributed by atoms with Crippen LogP contribution in [0.3, 0.4) is 0 Å². The van der Waals surface area contributed by atoms with Gasteiger partial charge >= 0.3 is 5.97 Å². The van der Waals surface area contributed by atoms with Gasteiger partial charge in [0.1, 0.15) is 16.4 Å². The van der Waals surface area contributed by atoms with E-state index in [-0.39, 0.29) is 5.97 Å². The number of rotatable bonds is 17. The van der Waals surface area contributed by atoms with Crippen LogP contribution in [0, 0.1) is 13.8 Å². The number of aryl methyl sites for hydroxylation is 2. The third-order valence-corrected chi connectivity index (χ3v) is 14.5. The number of ether oxygens (including phenoxy) is 3. The van der Waals surface area contributed by atoms with Crippen LogP contribution < -0.4 is 9.47 Å². The Morgan fingerprint density at radius 3 is 1.78 bits per heavy atom. The molecule has 268 valence electrons. The fraction of sp³-hybridized carbons (Fsp3) is 0.419. The van der Waals surface area contributed by atoms with E-state index < -0.39 is 0 Å². The van der Waals surface area contributed by atoms with Crippen molar-refractivity contribution in [1.29, 1.82) is 0 Å². The lowest BCUT2D eigenvalue weighted by atomic mass is 9.98. The van der Waals surface area contributed by atoms with Crippen LogP contribution in [-0.4, -0.2) is 25.8 Å². The van der Waals surface area contributed by atoms with Crippen LogP contribution in [0.25, 0.3) is 61.6 Å². The quantitative estimate of drug-likeness (QED) is 0.0527. The maximum absolute atomic E-state index is 13.1. The molecule has 7 rings (SSSR count). The van der Waals surface area contributed by atoms with Gasteiger partial charge in [0.25, 0.3) is 0 Å². The predicted molar refractivity (Wildman–Crippen MR) is 225 cm³/mol. The van der Waals surface area contributed by atoms with Gasteiger partial charge in [-0.1, -0.05) is 64.7 Å². The zero-order valence-electron chi connectivity index (χ0n) is 30.5. The molecule has 0 radical (unpaired) electrons. The first-order valence-corrected chi connectivity index (χ1v) is 22.0. The van der Waals surface area contributed by atoms with Crippen LogP contribution in [0.5, 0.6) is 11.5 Å². The summed E-state index contributed by atoms with van der Waals surface area (Å²) in [5.41, 5.74) is 0. The molecule has 8 heteroatoms. The second-order valence-electron chi connectivity index (χ2n) is 13.5. The number of thiophene rings is 4. The Morgan fingerprint density at radius 2 is 1.16 bits per heavy atom. The highest BCUT2D eigenvalue weighted by atomic mass is 32.1. The molecule has 0 aliphatic carbocycles. The van der Waals surface area contributed by atoms with Crippen LogP contribution in [0.15, 0.2) is 42.5 Å². The van der Waals surface area contributed by atoms with Gasteiger partial charge in [-0.25, -0.2) is 4.79 Å². The average Bonchev–Trinajstić information content (AvgIpc) is 3.90. The van der Waals surface area contributed by atoms with Crippen molar-refractivity contribution in [2.45, 2.75) is 98.8 Å². The highest BCUT2D eigenvalue weighted by Gasteiger charge is 2.22. The number of esters is 1. The van der Waals surface area contributed by atoms with E-state index in [2.05, 4.69) is 77.1 Å². The van der Waals surface area contributed by atoms with E-state index in [0.717, 1.165) is 51.3 Å². The molecule has 0 aliphatic rings. The smallest absolute Gasteiger partial charge is 0.348 e. The molecule has 0 spiro atoms. The van der Waals surface area contributed by atoms with E-state index in [1.807, 2.05) is 22.7 Å². The minimum atomic E-state index is -0.195. The van der Waals surface area contributed by atoms with Gasteiger partial charge in [0.05, 0.1) is 24.7 Å². The molecule has 4 heterocycles. The fourth-order valence-electron chi connectivity index (χ4n) is 7.24. The predicted octanol–water partition coefficient (Wildman–Crippen LogP) is 14.9. The number of hydrogen-bond acceptors (Lipinski definition) is 8. The summed E-state index contributed by atoms with van der Waals surface area (Å²) in [5.74, 6) is 1.64. The highest BCUT2D eigenvalue weighted by molar-refractivity contribution is 7.30. The number of benzene rings is 3. The van der Waals surface area contributed by atoms with Crippen molar-refractivity contribution in [2.24, 2.45) is 0 Å². The number of hydrogen-bond donors (Lipinski definition) is 0. The zero-order chi connectivity index (χ0) is 35.5. The number of unbranched alkanes of at least 4 members (excludes halogenated alkanes) is 9. The van der Waals surface area contributed by atoms with E-state index in [0.29, 0.717) is 24.7 Å². The van der Waals surface area contributed by atoms with E-state index in [9.17, 15) is 4.79 Å². The Morgan fingerprint density at radius 1 is 0.588 bits per heavy atom. The molecule has 0 atom stereocenters. The fourth-order valence-corrected chi connectivity index (χ4v) is 11.7. The maximum atomic E-state index is 13.1. The summed E-state index contributed by atoms with van der Waals surface area (Å²) in [7, 11) is 0. The number of carbonyl (C=O) groups is 1. The molecule has 0 N–H and O–H groups in total. The van der Waals surface area contributed by atoms with Crippen molar-refractivity contribution < 1.29 is 19.0 Å². The van der Waals surface area contributed by atoms with Crippen LogP contribution in [0.2, 0.25) is 0 Å². The SMILES string of the molecule is CCCCCCCCCCCCOC(=O)c1cc2c(-c3cc4cc5c(OCC)c6cc7sc(C)cc7cc6c(OCC)c5cc4s3)sc(C)c2s1. The van der Waals surface area contributed by atoms with Gasteiger partial charge in [-0.3, -0.25) is 0 Å². The Balaban J connectivity index is 1.14. The highest BCUT2D eigenvalue weighted by Crippen LogP contribution is 2.50. The second-order valence-corrected chi connectivity index (χ2v) is 18.2. The first kappa shape index (κ1) is 36.2.